The molecule has 54 heavy (non-hydrogen) atoms. The smallest absolute Gasteiger partial charge is 0.335 e. The predicted molar refractivity (Wildman–Crippen MR) is 197 cm³/mol. The first-order valence-corrected chi connectivity index (χ1v) is 17.8. The third-order valence-corrected chi connectivity index (χ3v) is 9.31. The fourth-order valence-corrected chi connectivity index (χ4v) is 6.44. The summed E-state index contributed by atoms with van der Waals surface area (Å²) in [6, 6.07) is 22.7. The number of carbonyl (C=O) groups excluding carboxylic acids is 1. The van der Waals surface area contributed by atoms with Crippen molar-refractivity contribution in [3.63, 3.8) is 0 Å². The molecule has 0 aliphatic rings. The molecule has 0 heterocycles. The number of amides is 2. The zero-order valence-corrected chi connectivity index (χ0v) is 31.2. The van der Waals surface area contributed by atoms with Crippen molar-refractivity contribution in [3.05, 3.63) is 109 Å². The number of aromatic hydroxyl groups is 2. The first kappa shape index (κ1) is 39.4. The summed E-state index contributed by atoms with van der Waals surface area (Å²) in [5.74, 6) is -2.43. The van der Waals surface area contributed by atoms with E-state index in [1.165, 1.54) is 60.7 Å². The maximum Gasteiger partial charge on any atom is 0.335 e. The van der Waals surface area contributed by atoms with Crippen LogP contribution in [-0.4, -0.2) is 82.8 Å². The average Bonchev–Trinajstić information content (AvgIpc) is 3.10. The van der Waals surface area contributed by atoms with Crippen LogP contribution in [0.5, 0.6) is 11.5 Å². The van der Waals surface area contributed by atoms with Gasteiger partial charge in [-0.05, 0) is 95.7 Å². The number of aromatic carboxylic acids is 1. The normalized spacial score (nSPS) is 11.9. The van der Waals surface area contributed by atoms with Crippen molar-refractivity contribution >= 4 is 117 Å². The van der Waals surface area contributed by atoms with Crippen LogP contribution in [-0.2, 0) is 20.2 Å². The minimum Gasteiger partial charge on any atom is -0.505 e. The number of carbonyl (C=O) groups is 2. The number of carboxylic acids is 1. The van der Waals surface area contributed by atoms with Crippen LogP contribution < -0.4 is 10.6 Å². The fourth-order valence-electron chi connectivity index (χ4n) is 5.12. The molecule has 6 aromatic rings. The molecule has 0 spiro atoms. The van der Waals surface area contributed by atoms with E-state index >= 15 is 0 Å². The van der Waals surface area contributed by atoms with Crippen molar-refractivity contribution in [2.75, 3.05) is 10.6 Å². The van der Waals surface area contributed by atoms with Crippen LogP contribution in [0, 0.1) is 0 Å². The molecule has 0 aliphatic heterocycles. The van der Waals surface area contributed by atoms with Crippen molar-refractivity contribution in [1.29, 1.82) is 0 Å². The van der Waals surface area contributed by atoms with Gasteiger partial charge in [0, 0.05) is 51.7 Å². The van der Waals surface area contributed by atoms with Crippen molar-refractivity contribution in [1.82, 2.24) is 0 Å². The number of phenolic OH excluding ortho intramolecular Hbond substituents is 2. The molecule has 0 unspecified atom stereocenters. The second-order valence-electron chi connectivity index (χ2n) is 11.1. The summed E-state index contributed by atoms with van der Waals surface area (Å²) < 4.78 is 68.8. The van der Waals surface area contributed by atoms with E-state index in [0.29, 0.717) is 5.69 Å². The van der Waals surface area contributed by atoms with Crippen LogP contribution >= 0.6 is 0 Å². The maximum atomic E-state index is 13.0. The van der Waals surface area contributed by atoms with E-state index in [1.54, 1.807) is 30.3 Å². The topological polar surface area (TPSA) is 277 Å². The molecule has 0 aromatic heterocycles. The molecular formula is C34H24N6NaO11S2. The van der Waals surface area contributed by atoms with E-state index in [-0.39, 0.29) is 73.7 Å². The molecule has 6 rings (SSSR count). The Morgan fingerprint density at radius 3 is 1.39 bits per heavy atom. The Balaban J connectivity index is 0.00000561. The van der Waals surface area contributed by atoms with Crippen LogP contribution in [0.3, 0.4) is 0 Å². The minimum absolute atomic E-state index is 0. The summed E-state index contributed by atoms with van der Waals surface area (Å²) in [6.45, 7) is 0. The maximum absolute atomic E-state index is 13.0. The van der Waals surface area contributed by atoms with Gasteiger partial charge in [-0.15, -0.1) is 10.2 Å². The Hall–Kier alpha value is -5.80. The summed E-state index contributed by atoms with van der Waals surface area (Å²) in [6.07, 6.45) is 0. The summed E-state index contributed by atoms with van der Waals surface area (Å²) in [5.41, 5.74) is -0.387. The van der Waals surface area contributed by atoms with E-state index in [9.17, 15) is 45.7 Å². The monoisotopic (exact) mass is 779 g/mol. The zero-order chi connectivity index (χ0) is 38.1. The largest absolute Gasteiger partial charge is 0.505 e. The molecule has 20 heteroatoms. The Morgan fingerprint density at radius 2 is 0.981 bits per heavy atom. The molecule has 7 N–H and O–H groups in total. The molecule has 6 aromatic carbocycles. The fraction of sp³-hybridized carbons (Fsp3) is 0. The molecule has 0 saturated heterocycles. The number of carboxylic acid groups (broad SMARTS) is 1. The van der Waals surface area contributed by atoms with E-state index in [1.807, 2.05) is 0 Å². The Labute approximate surface area is 327 Å². The van der Waals surface area contributed by atoms with Crippen LogP contribution in [0.25, 0.3) is 21.5 Å². The Morgan fingerprint density at radius 1 is 0.556 bits per heavy atom. The zero-order valence-electron chi connectivity index (χ0n) is 27.6. The number of azo groups is 2. The van der Waals surface area contributed by atoms with E-state index in [0.717, 1.165) is 12.1 Å². The molecule has 0 aliphatic carbocycles. The molecule has 0 saturated carbocycles. The van der Waals surface area contributed by atoms with Gasteiger partial charge in [0.1, 0.15) is 21.2 Å². The second-order valence-corrected chi connectivity index (χ2v) is 13.9. The third-order valence-electron chi connectivity index (χ3n) is 7.57. The Bertz CT molecular complexity index is 2750. The van der Waals surface area contributed by atoms with E-state index < -0.39 is 64.9 Å². The number of nitrogens with one attached hydrogen (secondary N) is 2. The molecule has 17 nitrogen and oxygen atoms in total. The number of urea groups is 1. The minimum atomic E-state index is -4.97. The van der Waals surface area contributed by atoms with Crippen LogP contribution in [0.1, 0.15) is 10.4 Å². The van der Waals surface area contributed by atoms with E-state index in [2.05, 4.69) is 31.1 Å². The van der Waals surface area contributed by atoms with Gasteiger partial charge in [0.25, 0.3) is 20.2 Å². The van der Waals surface area contributed by atoms with Crippen molar-refractivity contribution in [2.24, 2.45) is 20.5 Å². The van der Waals surface area contributed by atoms with E-state index in [4.69, 9.17) is 5.11 Å². The van der Waals surface area contributed by atoms with Gasteiger partial charge < -0.3 is 26.0 Å². The summed E-state index contributed by atoms with van der Waals surface area (Å²) in [4.78, 5) is 22.5. The summed E-state index contributed by atoms with van der Waals surface area (Å²) >= 11 is 0. The van der Waals surface area contributed by atoms with Gasteiger partial charge in [-0.1, -0.05) is 18.2 Å². The van der Waals surface area contributed by atoms with Crippen LogP contribution in [0.4, 0.5) is 38.9 Å². The summed E-state index contributed by atoms with van der Waals surface area (Å²) in [5, 5.41) is 51.8. The van der Waals surface area contributed by atoms with Gasteiger partial charge >= 0.3 is 12.0 Å². The van der Waals surface area contributed by atoms with Gasteiger partial charge in [-0.3, -0.25) is 9.11 Å². The SMILES string of the molecule is O=C(Nc1ccc2c(O)c(N=Nc3ccccc3)c(S(=O)(=O)O)cc2c1)Nc1ccc2c(O)c(N=Nc3ccc(C(=O)O)cc3)c(S(=O)(=O)O)cc2c1.[Na]. The first-order chi connectivity index (χ1) is 25.1. The Kier molecular flexibility index (Phi) is 11.4. The number of hydrogen-bond donors (Lipinski definition) is 7. The summed E-state index contributed by atoms with van der Waals surface area (Å²) in [7, 11) is -9.87. The quantitative estimate of drug-likeness (QED) is 0.0424. The first-order valence-electron chi connectivity index (χ1n) is 14.9. The molecule has 0 bridgehead atoms. The van der Waals surface area contributed by atoms with Crippen molar-refractivity contribution < 1.29 is 50.8 Å². The molecule has 2 amide bonds. The van der Waals surface area contributed by atoms with Gasteiger partial charge in [0.05, 0.1) is 16.9 Å². The second kappa shape index (κ2) is 15.7. The number of nitrogens with zero attached hydrogens (tertiary/aromatic N) is 4. The standard InChI is InChI=1S/C34H24N6O11S2.Na/c41-31-25-12-10-23(14-19(25)16-27(52(46,47)48)29(31)39-37-21-4-2-1-3-5-21)35-34(45)36-24-11-13-26-20(15-24)17-28(53(49,50)51)30(32(26)42)40-38-22-8-6-18(7-9-22)33(43)44;/h1-17,41-42H,(H,43,44)(H2,35,36,45)(H,46,47,48)(H,49,50,51);. The molecular weight excluding hydrogens is 756 g/mol. The molecule has 0 atom stereocenters. The van der Waals surface area contributed by atoms with Gasteiger partial charge in [0.15, 0.2) is 11.5 Å². The number of rotatable bonds is 9. The third kappa shape index (κ3) is 8.69. The van der Waals surface area contributed by atoms with Crippen molar-refractivity contribution in [2.45, 2.75) is 9.79 Å². The van der Waals surface area contributed by atoms with Gasteiger partial charge in [-0.2, -0.15) is 27.1 Å². The number of anilines is 2. The van der Waals surface area contributed by atoms with Gasteiger partial charge in [-0.25, -0.2) is 9.59 Å². The van der Waals surface area contributed by atoms with Crippen molar-refractivity contribution in [3.8, 4) is 11.5 Å². The number of fused-ring (bicyclic) bond motifs is 2. The number of benzene rings is 6. The average molecular weight is 780 g/mol. The van der Waals surface area contributed by atoms with Gasteiger partial charge in [0.2, 0.25) is 0 Å². The molecule has 0 fully saturated rings. The predicted octanol–water partition coefficient (Wildman–Crippen LogP) is 7.69. The molecule has 269 valence electrons. The number of phenols is 2. The van der Waals surface area contributed by atoms with Crippen LogP contribution in [0.2, 0.25) is 0 Å². The van der Waals surface area contributed by atoms with Crippen LogP contribution in [0.15, 0.2) is 133 Å². The molecule has 1 radical (unpaired) electrons. The number of hydrogen-bond acceptors (Lipinski definition) is 12.